The van der Waals surface area contributed by atoms with Gasteiger partial charge in [0.1, 0.15) is 5.00 Å². The van der Waals surface area contributed by atoms with E-state index in [9.17, 15) is 9.59 Å². The number of anilines is 1. The number of aryl methyl sites for hydroxylation is 1. The number of nitrogens with zero attached hydrogens (tertiary/aromatic N) is 1. The molecule has 5 rings (SSSR count). The lowest BCUT2D eigenvalue weighted by atomic mass is 9.72. The number of rotatable bonds is 6. The minimum absolute atomic E-state index is 0.173. The highest BCUT2D eigenvalue weighted by Gasteiger charge is 2.34. The first-order chi connectivity index (χ1) is 19.5. The third-order valence-electron chi connectivity index (χ3n) is 8.28. The average Bonchev–Trinajstić information content (AvgIpc) is 3.29. The number of fused-ring (bicyclic) bond motifs is 2. The van der Waals surface area contributed by atoms with Crippen LogP contribution in [0.4, 0.5) is 5.00 Å². The van der Waals surface area contributed by atoms with Crippen LogP contribution in [-0.2, 0) is 17.6 Å². The van der Waals surface area contributed by atoms with E-state index in [1.54, 1.807) is 0 Å². The number of pyridine rings is 1. The molecule has 0 bridgehead atoms. The summed E-state index contributed by atoms with van der Waals surface area (Å²) in [7, 11) is 0. The third kappa shape index (κ3) is 5.94. The maximum Gasteiger partial charge on any atom is 0.341 e. The summed E-state index contributed by atoms with van der Waals surface area (Å²) in [4.78, 5) is 33.3. The Kier molecular flexibility index (Phi) is 8.06. The molecule has 1 amide bonds. The fourth-order valence-electron chi connectivity index (χ4n) is 5.72. The number of aromatic nitrogens is 1. The molecule has 214 valence electrons. The van der Waals surface area contributed by atoms with Crippen molar-refractivity contribution < 1.29 is 14.3 Å². The van der Waals surface area contributed by atoms with Crippen molar-refractivity contribution in [3.05, 3.63) is 81.2 Å². The van der Waals surface area contributed by atoms with Crippen LogP contribution >= 0.6 is 11.3 Å². The number of benzene rings is 2. The molecule has 5 nitrogen and oxygen atoms in total. The van der Waals surface area contributed by atoms with Gasteiger partial charge in [-0.25, -0.2) is 9.78 Å². The lowest BCUT2D eigenvalue weighted by Crippen LogP contribution is -2.26. The van der Waals surface area contributed by atoms with E-state index >= 15 is 0 Å². The van der Waals surface area contributed by atoms with E-state index in [0.29, 0.717) is 28.0 Å². The number of amides is 1. The molecule has 1 N–H and O–H groups in total. The number of hydrogen-bond acceptors (Lipinski definition) is 5. The first-order valence-electron chi connectivity index (χ1n) is 14.6. The van der Waals surface area contributed by atoms with Crippen LogP contribution in [0.1, 0.15) is 96.2 Å². The van der Waals surface area contributed by atoms with Crippen LogP contribution in [0.15, 0.2) is 48.5 Å². The summed E-state index contributed by atoms with van der Waals surface area (Å²) >= 11 is 1.52. The molecule has 1 aliphatic carbocycles. The van der Waals surface area contributed by atoms with Crippen molar-refractivity contribution in [2.45, 2.75) is 73.6 Å². The number of hydrogen-bond donors (Lipinski definition) is 1. The van der Waals surface area contributed by atoms with Gasteiger partial charge in [0, 0.05) is 15.8 Å². The van der Waals surface area contributed by atoms with Gasteiger partial charge >= 0.3 is 5.97 Å². The summed E-state index contributed by atoms with van der Waals surface area (Å²) in [6, 6.07) is 16.2. The molecule has 0 radical (unpaired) electrons. The van der Waals surface area contributed by atoms with Gasteiger partial charge in [0.2, 0.25) is 0 Å². The molecule has 4 aromatic rings. The molecule has 6 heteroatoms. The molecular formula is C35H40N2O3S. The van der Waals surface area contributed by atoms with E-state index in [0.717, 1.165) is 52.5 Å². The summed E-state index contributed by atoms with van der Waals surface area (Å²) in [6.45, 7) is 15.3. The van der Waals surface area contributed by atoms with E-state index in [4.69, 9.17) is 9.72 Å². The van der Waals surface area contributed by atoms with Gasteiger partial charge in [0.05, 0.1) is 28.9 Å². The molecule has 1 atom stereocenters. The Labute approximate surface area is 247 Å². The van der Waals surface area contributed by atoms with Gasteiger partial charge < -0.3 is 10.1 Å². The van der Waals surface area contributed by atoms with Gasteiger partial charge in [-0.2, -0.15) is 0 Å². The predicted molar refractivity (Wildman–Crippen MR) is 169 cm³/mol. The van der Waals surface area contributed by atoms with E-state index < -0.39 is 0 Å². The van der Waals surface area contributed by atoms with Crippen LogP contribution in [0, 0.1) is 18.3 Å². The second kappa shape index (κ2) is 11.4. The Morgan fingerprint density at radius 2 is 1.83 bits per heavy atom. The minimum Gasteiger partial charge on any atom is -0.462 e. The zero-order valence-corrected chi connectivity index (χ0v) is 26.0. The molecule has 41 heavy (non-hydrogen) atoms. The van der Waals surface area contributed by atoms with E-state index in [-0.39, 0.29) is 23.9 Å². The number of ether oxygens (including phenoxy) is 1. The van der Waals surface area contributed by atoms with Crippen molar-refractivity contribution in [3.63, 3.8) is 0 Å². The Morgan fingerprint density at radius 1 is 1.10 bits per heavy atom. The number of carbonyl (C=O) groups is 2. The summed E-state index contributed by atoms with van der Waals surface area (Å²) in [5, 5.41) is 4.51. The summed E-state index contributed by atoms with van der Waals surface area (Å²) in [6.07, 6.45) is 2.73. The maximum absolute atomic E-state index is 14.1. The number of esters is 1. The number of thiophene rings is 1. The topological polar surface area (TPSA) is 68.3 Å². The Hall–Kier alpha value is -3.51. The SMILES string of the molecule is CCOC(=O)c1c(NC(=O)c2cc(-c3ccc(C(C)C)cc3)nc3ccc(C)cc23)sc2c1CC[C@H](C(C)(C)C)C2. The summed E-state index contributed by atoms with van der Waals surface area (Å²) < 4.78 is 5.47. The first-order valence-corrected chi connectivity index (χ1v) is 15.4. The Balaban J connectivity index is 1.57. The highest BCUT2D eigenvalue weighted by molar-refractivity contribution is 7.17. The number of carbonyl (C=O) groups excluding carboxylic acids is 2. The molecule has 1 aliphatic rings. The highest BCUT2D eigenvalue weighted by Crippen LogP contribution is 2.44. The summed E-state index contributed by atoms with van der Waals surface area (Å²) in [5.74, 6) is 0.335. The molecule has 2 aromatic carbocycles. The van der Waals surface area contributed by atoms with Crippen molar-refractivity contribution in [2.75, 3.05) is 11.9 Å². The molecule has 0 fully saturated rings. The maximum atomic E-state index is 14.1. The van der Waals surface area contributed by atoms with Crippen molar-refractivity contribution in [1.29, 1.82) is 0 Å². The first kappa shape index (κ1) is 29.0. The fraction of sp³-hybridized carbons (Fsp3) is 0.400. The van der Waals surface area contributed by atoms with Crippen molar-refractivity contribution >= 4 is 39.1 Å². The predicted octanol–water partition coefficient (Wildman–Crippen LogP) is 8.98. The lowest BCUT2D eigenvalue weighted by molar-refractivity contribution is 0.0526. The Bertz CT molecular complexity index is 1610. The van der Waals surface area contributed by atoms with Crippen molar-refractivity contribution in [1.82, 2.24) is 4.98 Å². The molecule has 0 unspecified atom stereocenters. The zero-order chi connectivity index (χ0) is 29.5. The van der Waals surface area contributed by atoms with Crippen molar-refractivity contribution in [3.8, 4) is 11.3 Å². The third-order valence-corrected chi connectivity index (χ3v) is 9.45. The second-order valence-electron chi connectivity index (χ2n) is 12.5. The number of nitrogens with one attached hydrogen (secondary N) is 1. The monoisotopic (exact) mass is 568 g/mol. The smallest absolute Gasteiger partial charge is 0.341 e. The Morgan fingerprint density at radius 3 is 2.49 bits per heavy atom. The molecule has 2 heterocycles. The van der Waals surface area contributed by atoms with Crippen LogP contribution in [0.3, 0.4) is 0 Å². The molecule has 0 saturated carbocycles. The van der Waals surface area contributed by atoms with Gasteiger partial charge in [-0.15, -0.1) is 11.3 Å². The quantitative estimate of drug-likeness (QED) is 0.236. The summed E-state index contributed by atoms with van der Waals surface area (Å²) in [5.41, 5.74) is 7.03. The van der Waals surface area contributed by atoms with Crippen LogP contribution in [0.5, 0.6) is 0 Å². The van der Waals surface area contributed by atoms with Crippen LogP contribution < -0.4 is 5.32 Å². The van der Waals surface area contributed by atoms with E-state index in [2.05, 4.69) is 64.2 Å². The van der Waals surface area contributed by atoms with Gasteiger partial charge in [-0.1, -0.05) is 70.5 Å². The van der Waals surface area contributed by atoms with Gasteiger partial charge in [0.15, 0.2) is 0 Å². The van der Waals surface area contributed by atoms with Crippen LogP contribution in [0.2, 0.25) is 0 Å². The minimum atomic E-state index is -0.365. The highest BCUT2D eigenvalue weighted by atomic mass is 32.1. The molecule has 2 aromatic heterocycles. The average molecular weight is 569 g/mol. The fourth-order valence-corrected chi connectivity index (χ4v) is 7.03. The molecule has 0 spiro atoms. The van der Waals surface area contributed by atoms with Crippen LogP contribution in [0.25, 0.3) is 22.2 Å². The molecule has 0 aliphatic heterocycles. The normalized spacial score (nSPS) is 15.2. The molecular weight excluding hydrogens is 528 g/mol. The standard InChI is InChI=1S/C35H40N2O3S/c1-8-40-34(39)31-25-15-14-24(35(5,6)7)18-30(25)41-33(31)37-32(38)27-19-29(23-12-10-22(11-13-23)20(2)3)36-28-16-9-21(4)17-26(27)28/h9-13,16-17,19-20,24H,8,14-15,18H2,1-7H3,(H,37,38)/t24-/m0/s1. The van der Waals surface area contributed by atoms with Gasteiger partial charge in [-0.05, 0) is 79.7 Å². The van der Waals surface area contributed by atoms with Crippen LogP contribution in [-0.4, -0.2) is 23.5 Å². The largest absolute Gasteiger partial charge is 0.462 e. The van der Waals surface area contributed by atoms with Gasteiger partial charge in [0.25, 0.3) is 5.91 Å². The van der Waals surface area contributed by atoms with Crippen molar-refractivity contribution in [2.24, 2.45) is 11.3 Å². The van der Waals surface area contributed by atoms with E-state index in [1.165, 1.54) is 21.8 Å². The lowest BCUT2D eigenvalue weighted by Gasteiger charge is -2.33. The zero-order valence-electron chi connectivity index (χ0n) is 25.2. The van der Waals surface area contributed by atoms with Gasteiger partial charge in [-0.3, -0.25) is 4.79 Å². The molecule has 0 saturated heterocycles. The second-order valence-corrected chi connectivity index (χ2v) is 13.6. The van der Waals surface area contributed by atoms with E-state index in [1.807, 2.05) is 38.1 Å².